The lowest BCUT2D eigenvalue weighted by molar-refractivity contribution is 0.102. The molecule has 0 saturated carbocycles. The van der Waals surface area contributed by atoms with Crippen molar-refractivity contribution in [3.63, 3.8) is 0 Å². The number of rotatable bonds is 2. The van der Waals surface area contributed by atoms with Crippen LogP contribution in [-0.2, 0) is 0 Å². The molecule has 3 nitrogen and oxygen atoms in total. The SMILES string of the molecule is Nc1ccc(NC(=O)c2ccc(F)c(F)c2)cc1Br. The van der Waals surface area contributed by atoms with Crippen molar-refractivity contribution in [2.24, 2.45) is 0 Å². The highest BCUT2D eigenvalue weighted by Gasteiger charge is 2.10. The zero-order valence-electron chi connectivity index (χ0n) is 9.58. The summed E-state index contributed by atoms with van der Waals surface area (Å²) >= 11 is 3.23. The van der Waals surface area contributed by atoms with Gasteiger partial charge in [0, 0.05) is 21.4 Å². The number of carbonyl (C=O) groups excluding carboxylic acids is 1. The number of benzene rings is 2. The minimum atomic E-state index is -1.06. The van der Waals surface area contributed by atoms with Crippen LogP contribution in [0.25, 0.3) is 0 Å². The van der Waals surface area contributed by atoms with E-state index in [-0.39, 0.29) is 5.56 Å². The zero-order valence-corrected chi connectivity index (χ0v) is 11.2. The lowest BCUT2D eigenvalue weighted by Crippen LogP contribution is -2.12. The summed E-state index contributed by atoms with van der Waals surface area (Å²) < 4.78 is 26.4. The molecule has 0 aliphatic carbocycles. The van der Waals surface area contributed by atoms with Gasteiger partial charge in [0.2, 0.25) is 0 Å². The van der Waals surface area contributed by atoms with E-state index >= 15 is 0 Å². The zero-order chi connectivity index (χ0) is 14.0. The van der Waals surface area contributed by atoms with E-state index in [0.717, 1.165) is 12.1 Å². The van der Waals surface area contributed by atoms with E-state index in [1.54, 1.807) is 18.2 Å². The van der Waals surface area contributed by atoms with E-state index < -0.39 is 17.5 Å². The molecule has 0 atom stereocenters. The van der Waals surface area contributed by atoms with Crippen molar-refractivity contribution in [3.05, 3.63) is 58.1 Å². The Kier molecular flexibility index (Phi) is 3.80. The van der Waals surface area contributed by atoms with Gasteiger partial charge in [-0.3, -0.25) is 4.79 Å². The fourth-order valence-corrected chi connectivity index (χ4v) is 1.82. The third-order valence-corrected chi connectivity index (χ3v) is 3.13. The first-order valence-electron chi connectivity index (χ1n) is 5.29. The van der Waals surface area contributed by atoms with Crippen molar-refractivity contribution in [1.82, 2.24) is 0 Å². The number of amides is 1. The summed E-state index contributed by atoms with van der Waals surface area (Å²) in [5, 5.41) is 2.56. The van der Waals surface area contributed by atoms with Gasteiger partial charge in [-0.05, 0) is 52.3 Å². The van der Waals surface area contributed by atoms with E-state index in [4.69, 9.17) is 5.73 Å². The summed E-state index contributed by atoms with van der Waals surface area (Å²) in [5.41, 5.74) is 6.68. The van der Waals surface area contributed by atoms with E-state index in [0.29, 0.717) is 15.8 Å². The highest BCUT2D eigenvalue weighted by atomic mass is 79.9. The Labute approximate surface area is 116 Å². The highest BCUT2D eigenvalue weighted by molar-refractivity contribution is 9.10. The van der Waals surface area contributed by atoms with Crippen molar-refractivity contribution in [2.45, 2.75) is 0 Å². The Balaban J connectivity index is 2.20. The number of hydrogen-bond acceptors (Lipinski definition) is 2. The lowest BCUT2D eigenvalue weighted by atomic mass is 10.2. The minimum Gasteiger partial charge on any atom is -0.398 e. The number of nitrogen functional groups attached to an aromatic ring is 1. The molecular weight excluding hydrogens is 318 g/mol. The largest absolute Gasteiger partial charge is 0.398 e. The van der Waals surface area contributed by atoms with Gasteiger partial charge in [-0.1, -0.05) is 0 Å². The van der Waals surface area contributed by atoms with Crippen LogP contribution in [0.4, 0.5) is 20.2 Å². The fraction of sp³-hybridized carbons (Fsp3) is 0. The molecule has 6 heteroatoms. The second-order valence-electron chi connectivity index (χ2n) is 3.82. The Bertz CT molecular complexity index is 647. The van der Waals surface area contributed by atoms with Crippen molar-refractivity contribution in [2.75, 3.05) is 11.1 Å². The second-order valence-corrected chi connectivity index (χ2v) is 4.67. The van der Waals surface area contributed by atoms with Crippen LogP contribution in [0.1, 0.15) is 10.4 Å². The van der Waals surface area contributed by atoms with Gasteiger partial charge in [-0.25, -0.2) is 8.78 Å². The van der Waals surface area contributed by atoms with Gasteiger partial charge in [0.15, 0.2) is 11.6 Å². The van der Waals surface area contributed by atoms with Gasteiger partial charge in [-0.15, -0.1) is 0 Å². The average molecular weight is 327 g/mol. The number of halogens is 3. The molecule has 0 aliphatic rings. The van der Waals surface area contributed by atoms with Crippen LogP contribution in [0.5, 0.6) is 0 Å². The van der Waals surface area contributed by atoms with Gasteiger partial charge in [-0.2, -0.15) is 0 Å². The Morgan fingerprint density at radius 1 is 1.11 bits per heavy atom. The van der Waals surface area contributed by atoms with Crippen LogP contribution >= 0.6 is 15.9 Å². The smallest absolute Gasteiger partial charge is 0.255 e. The van der Waals surface area contributed by atoms with Crippen molar-refractivity contribution < 1.29 is 13.6 Å². The number of nitrogens with two attached hydrogens (primary N) is 1. The second kappa shape index (κ2) is 5.36. The summed E-state index contributed by atoms with van der Waals surface area (Å²) in [4.78, 5) is 11.8. The molecular formula is C13H9BrF2N2O. The molecule has 0 bridgehead atoms. The summed E-state index contributed by atoms with van der Waals surface area (Å²) in [6, 6.07) is 7.80. The Morgan fingerprint density at radius 2 is 1.84 bits per heavy atom. The molecule has 0 fully saturated rings. The van der Waals surface area contributed by atoms with Crippen LogP contribution < -0.4 is 11.1 Å². The van der Waals surface area contributed by atoms with Crippen LogP contribution in [-0.4, -0.2) is 5.91 Å². The molecule has 0 saturated heterocycles. The maximum Gasteiger partial charge on any atom is 0.255 e. The Morgan fingerprint density at radius 3 is 2.47 bits per heavy atom. The molecule has 19 heavy (non-hydrogen) atoms. The number of carbonyl (C=O) groups is 1. The first-order valence-corrected chi connectivity index (χ1v) is 6.08. The maximum atomic E-state index is 13.0. The molecule has 0 heterocycles. The van der Waals surface area contributed by atoms with Gasteiger partial charge >= 0.3 is 0 Å². The van der Waals surface area contributed by atoms with E-state index in [1.807, 2.05) is 0 Å². The molecule has 0 spiro atoms. The normalized spacial score (nSPS) is 10.3. The topological polar surface area (TPSA) is 55.1 Å². The molecule has 98 valence electrons. The third kappa shape index (κ3) is 3.08. The minimum absolute atomic E-state index is 0.0341. The molecule has 0 aromatic heterocycles. The number of anilines is 2. The van der Waals surface area contributed by atoms with Gasteiger partial charge in [0.05, 0.1) is 0 Å². The number of nitrogens with one attached hydrogen (secondary N) is 1. The van der Waals surface area contributed by atoms with E-state index in [2.05, 4.69) is 21.2 Å². The predicted molar refractivity (Wildman–Crippen MR) is 72.9 cm³/mol. The van der Waals surface area contributed by atoms with E-state index in [1.165, 1.54) is 6.07 Å². The molecule has 1 amide bonds. The van der Waals surface area contributed by atoms with Gasteiger partial charge < -0.3 is 11.1 Å². The quantitative estimate of drug-likeness (QED) is 0.829. The highest BCUT2D eigenvalue weighted by Crippen LogP contribution is 2.23. The van der Waals surface area contributed by atoms with Gasteiger partial charge in [0.1, 0.15) is 0 Å². The lowest BCUT2D eigenvalue weighted by Gasteiger charge is -2.07. The average Bonchev–Trinajstić information content (AvgIpc) is 2.37. The summed E-state index contributed by atoms with van der Waals surface area (Å²) in [5.74, 6) is -2.59. The van der Waals surface area contributed by atoms with Crippen molar-refractivity contribution in [1.29, 1.82) is 0 Å². The van der Waals surface area contributed by atoms with E-state index in [9.17, 15) is 13.6 Å². The summed E-state index contributed by atoms with van der Waals surface area (Å²) in [6.45, 7) is 0. The predicted octanol–water partition coefficient (Wildman–Crippen LogP) is 3.56. The molecule has 0 aliphatic heterocycles. The van der Waals surface area contributed by atoms with Crippen LogP contribution in [0.2, 0.25) is 0 Å². The fourth-order valence-electron chi connectivity index (χ4n) is 1.45. The molecule has 2 aromatic rings. The monoisotopic (exact) mass is 326 g/mol. The molecule has 0 radical (unpaired) electrons. The van der Waals surface area contributed by atoms with Crippen molar-refractivity contribution in [3.8, 4) is 0 Å². The molecule has 3 N–H and O–H groups in total. The van der Waals surface area contributed by atoms with Crippen LogP contribution in [0.15, 0.2) is 40.9 Å². The van der Waals surface area contributed by atoms with Crippen molar-refractivity contribution >= 4 is 33.2 Å². The summed E-state index contributed by atoms with van der Waals surface area (Å²) in [7, 11) is 0. The standard InChI is InChI=1S/C13H9BrF2N2O/c14-9-6-8(2-4-12(9)17)18-13(19)7-1-3-10(15)11(16)5-7/h1-6H,17H2,(H,18,19). The summed E-state index contributed by atoms with van der Waals surface area (Å²) in [6.07, 6.45) is 0. The molecule has 2 aromatic carbocycles. The maximum absolute atomic E-state index is 13.0. The first-order chi connectivity index (χ1) is 8.97. The molecule has 2 rings (SSSR count). The first kappa shape index (κ1) is 13.5. The van der Waals surface area contributed by atoms with Crippen LogP contribution in [0.3, 0.4) is 0 Å². The molecule has 0 unspecified atom stereocenters. The van der Waals surface area contributed by atoms with Gasteiger partial charge in [0.25, 0.3) is 5.91 Å². The van der Waals surface area contributed by atoms with Crippen LogP contribution in [0, 0.1) is 11.6 Å². The Hall–Kier alpha value is -1.95. The third-order valence-electron chi connectivity index (χ3n) is 2.44. The number of hydrogen-bond donors (Lipinski definition) is 2.